The van der Waals surface area contributed by atoms with Gasteiger partial charge in [0.05, 0.1) is 5.02 Å². The summed E-state index contributed by atoms with van der Waals surface area (Å²) in [4.78, 5) is 0. The average molecular weight is 203 g/mol. The third-order valence-corrected chi connectivity index (χ3v) is 2.11. The van der Waals surface area contributed by atoms with E-state index in [1.165, 1.54) is 0 Å². The van der Waals surface area contributed by atoms with E-state index in [9.17, 15) is 5.11 Å². The molecular weight excluding hydrogens is 195 g/mol. The van der Waals surface area contributed by atoms with Gasteiger partial charge in [0.2, 0.25) is 0 Å². The van der Waals surface area contributed by atoms with Gasteiger partial charge in [0.1, 0.15) is 5.75 Å². The Bertz CT molecular complexity index is 428. The zero-order chi connectivity index (χ0) is 8.55. The van der Waals surface area contributed by atoms with Crippen molar-refractivity contribution >= 4 is 51.9 Å². The Morgan fingerprint density at radius 3 is 2.54 bits per heavy atom. The van der Waals surface area contributed by atoms with Crippen molar-refractivity contribution in [3.05, 3.63) is 41.4 Å². The van der Waals surface area contributed by atoms with Crippen LogP contribution in [0.3, 0.4) is 0 Å². The van der Waals surface area contributed by atoms with Crippen molar-refractivity contribution < 1.29 is 5.11 Å². The minimum absolute atomic E-state index is 0. The van der Waals surface area contributed by atoms with Crippen LogP contribution in [0.2, 0.25) is 5.02 Å². The van der Waals surface area contributed by atoms with E-state index in [0.29, 0.717) is 5.02 Å². The second-order valence-electron chi connectivity index (χ2n) is 2.65. The second kappa shape index (κ2) is 4.34. The summed E-state index contributed by atoms with van der Waals surface area (Å²) < 4.78 is 0. The topological polar surface area (TPSA) is 20.2 Å². The van der Waals surface area contributed by atoms with Gasteiger partial charge in [-0.1, -0.05) is 35.9 Å². The summed E-state index contributed by atoms with van der Waals surface area (Å²) in [6.45, 7) is 0. The first-order valence-electron chi connectivity index (χ1n) is 3.64. The Balaban J connectivity index is 0.000000845. The van der Waals surface area contributed by atoms with Crippen LogP contribution >= 0.6 is 11.6 Å². The van der Waals surface area contributed by atoms with E-state index in [1.54, 1.807) is 12.1 Å². The summed E-state index contributed by atoms with van der Waals surface area (Å²) in [6.07, 6.45) is 0. The van der Waals surface area contributed by atoms with Crippen molar-refractivity contribution in [1.29, 1.82) is 0 Å². The molecule has 0 aromatic heterocycles. The predicted octanol–water partition coefficient (Wildman–Crippen LogP) is 2.55. The molecule has 2 aromatic rings. The standard InChI is InChI=1S/C10H7ClO.Na.H/c11-10-6-8(12)5-7-3-1-2-4-9(7)10;;/h1-6,12H;;. The van der Waals surface area contributed by atoms with Crippen LogP contribution in [0, 0.1) is 0 Å². The number of benzene rings is 2. The van der Waals surface area contributed by atoms with Crippen molar-refractivity contribution in [2.24, 2.45) is 0 Å². The second-order valence-corrected chi connectivity index (χ2v) is 3.06. The van der Waals surface area contributed by atoms with E-state index < -0.39 is 0 Å². The predicted molar refractivity (Wildman–Crippen MR) is 57.8 cm³/mol. The van der Waals surface area contributed by atoms with Crippen LogP contribution in [-0.4, -0.2) is 34.7 Å². The summed E-state index contributed by atoms with van der Waals surface area (Å²) in [5, 5.41) is 11.7. The number of phenolic OH excluding ortho intramolecular Hbond substituents is 1. The summed E-state index contributed by atoms with van der Waals surface area (Å²) in [6, 6.07) is 10.9. The van der Waals surface area contributed by atoms with Crippen LogP contribution < -0.4 is 0 Å². The number of aromatic hydroxyl groups is 1. The number of hydrogen-bond acceptors (Lipinski definition) is 1. The van der Waals surface area contributed by atoms with Gasteiger partial charge in [-0.15, -0.1) is 0 Å². The number of hydrogen-bond donors (Lipinski definition) is 1. The van der Waals surface area contributed by atoms with Crippen molar-refractivity contribution in [3.63, 3.8) is 0 Å². The summed E-state index contributed by atoms with van der Waals surface area (Å²) in [7, 11) is 0. The molecule has 0 bridgehead atoms. The molecule has 2 rings (SSSR count). The van der Waals surface area contributed by atoms with Gasteiger partial charge in [0, 0.05) is 5.39 Å². The molecule has 0 fully saturated rings. The van der Waals surface area contributed by atoms with Crippen LogP contribution in [0.1, 0.15) is 0 Å². The SMILES string of the molecule is Oc1cc(Cl)c2ccccc2c1.[NaH]. The molecule has 0 aliphatic rings. The third kappa shape index (κ3) is 2.18. The van der Waals surface area contributed by atoms with Gasteiger partial charge >= 0.3 is 29.6 Å². The number of rotatable bonds is 0. The average Bonchev–Trinajstić information content (AvgIpc) is 2.04. The quantitative estimate of drug-likeness (QED) is 0.651. The molecule has 0 unspecified atom stereocenters. The molecule has 3 heteroatoms. The van der Waals surface area contributed by atoms with Crippen LogP contribution in [0.15, 0.2) is 36.4 Å². The van der Waals surface area contributed by atoms with E-state index in [-0.39, 0.29) is 35.3 Å². The monoisotopic (exact) mass is 202 g/mol. The molecule has 13 heavy (non-hydrogen) atoms. The van der Waals surface area contributed by atoms with Crippen molar-refractivity contribution in [1.82, 2.24) is 0 Å². The third-order valence-electron chi connectivity index (χ3n) is 1.80. The molecule has 0 amide bonds. The Morgan fingerprint density at radius 2 is 1.77 bits per heavy atom. The minimum atomic E-state index is 0. The van der Waals surface area contributed by atoms with Crippen molar-refractivity contribution in [2.75, 3.05) is 0 Å². The zero-order valence-electron chi connectivity index (χ0n) is 6.29. The molecule has 0 atom stereocenters. The van der Waals surface area contributed by atoms with Crippen LogP contribution in [0.5, 0.6) is 5.75 Å². The first-order chi connectivity index (χ1) is 5.77. The van der Waals surface area contributed by atoms with Gasteiger partial charge in [-0.3, -0.25) is 0 Å². The molecule has 62 valence electrons. The molecule has 0 aliphatic heterocycles. The number of phenols is 1. The van der Waals surface area contributed by atoms with Crippen molar-refractivity contribution in [2.45, 2.75) is 0 Å². The number of fused-ring (bicyclic) bond motifs is 1. The molecule has 0 aliphatic carbocycles. The first-order valence-corrected chi connectivity index (χ1v) is 4.02. The molecule has 0 saturated heterocycles. The molecular formula is C10H8ClNaO. The van der Waals surface area contributed by atoms with Crippen LogP contribution in [0.4, 0.5) is 0 Å². The van der Waals surface area contributed by atoms with Gasteiger partial charge in [0.15, 0.2) is 0 Å². The molecule has 1 N–H and O–H groups in total. The molecule has 1 nitrogen and oxygen atoms in total. The van der Waals surface area contributed by atoms with Gasteiger partial charge in [-0.25, -0.2) is 0 Å². The Labute approximate surface area is 104 Å². The summed E-state index contributed by atoms with van der Waals surface area (Å²) >= 11 is 5.90. The first kappa shape index (κ1) is 10.9. The maximum absolute atomic E-state index is 9.23. The van der Waals surface area contributed by atoms with Gasteiger partial charge in [-0.2, -0.15) is 0 Å². The number of halogens is 1. The fourth-order valence-electron chi connectivity index (χ4n) is 1.25. The van der Waals surface area contributed by atoms with E-state index in [1.807, 2.05) is 24.3 Å². The summed E-state index contributed by atoms with van der Waals surface area (Å²) in [5.41, 5.74) is 0. The zero-order valence-corrected chi connectivity index (χ0v) is 7.05. The van der Waals surface area contributed by atoms with Gasteiger partial charge in [-0.05, 0) is 17.5 Å². The van der Waals surface area contributed by atoms with E-state index in [4.69, 9.17) is 11.6 Å². The normalized spacial score (nSPS) is 9.62. The van der Waals surface area contributed by atoms with E-state index in [0.717, 1.165) is 10.8 Å². The molecule has 0 heterocycles. The van der Waals surface area contributed by atoms with Crippen molar-refractivity contribution in [3.8, 4) is 5.75 Å². The van der Waals surface area contributed by atoms with E-state index in [2.05, 4.69) is 0 Å². The molecule has 0 saturated carbocycles. The molecule has 2 aromatic carbocycles. The van der Waals surface area contributed by atoms with Crippen LogP contribution in [0.25, 0.3) is 10.8 Å². The summed E-state index contributed by atoms with van der Waals surface area (Å²) in [5.74, 6) is 0.207. The Hall–Kier alpha value is -0.210. The van der Waals surface area contributed by atoms with Gasteiger partial charge in [0.25, 0.3) is 0 Å². The Morgan fingerprint density at radius 1 is 1.08 bits per heavy atom. The van der Waals surface area contributed by atoms with Crippen LogP contribution in [-0.2, 0) is 0 Å². The Kier molecular flexibility index (Phi) is 3.63. The maximum atomic E-state index is 9.23. The molecule has 0 radical (unpaired) electrons. The fourth-order valence-corrected chi connectivity index (χ4v) is 1.53. The van der Waals surface area contributed by atoms with Gasteiger partial charge < -0.3 is 5.11 Å². The molecule has 0 spiro atoms. The fraction of sp³-hybridized carbons (Fsp3) is 0. The van der Waals surface area contributed by atoms with E-state index >= 15 is 0 Å².